The largest absolute Gasteiger partial charge is 0.376 e. The molecule has 0 bridgehead atoms. The van der Waals surface area contributed by atoms with Crippen LogP contribution in [0.25, 0.3) is 0 Å². The van der Waals surface area contributed by atoms with Crippen LogP contribution >= 0.6 is 0 Å². The van der Waals surface area contributed by atoms with E-state index in [9.17, 15) is 4.79 Å². The summed E-state index contributed by atoms with van der Waals surface area (Å²) in [5.41, 5.74) is 5.29. The van der Waals surface area contributed by atoms with Crippen molar-refractivity contribution in [2.45, 2.75) is 58.0 Å². The molecule has 1 aliphatic heterocycles. The third kappa shape index (κ3) is 5.02. The summed E-state index contributed by atoms with van der Waals surface area (Å²) in [6.45, 7) is 7.07. The van der Waals surface area contributed by atoms with E-state index in [1.165, 1.54) is 0 Å². The zero-order valence-corrected chi connectivity index (χ0v) is 10.9. The zero-order chi connectivity index (χ0) is 12.8. The lowest BCUT2D eigenvalue weighted by molar-refractivity contribution is -0.126. The van der Waals surface area contributed by atoms with Crippen molar-refractivity contribution in [1.29, 1.82) is 0 Å². The van der Waals surface area contributed by atoms with Crippen LogP contribution in [0.2, 0.25) is 0 Å². The number of ether oxygens (including phenoxy) is 2. The molecule has 1 saturated heterocycles. The van der Waals surface area contributed by atoms with Gasteiger partial charge in [-0.3, -0.25) is 4.79 Å². The van der Waals surface area contributed by atoms with Crippen LogP contribution in [0.1, 0.15) is 33.6 Å². The van der Waals surface area contributed by atoms with Crippen LogP contribution in [0, 0.1) is 0 Å². The monoisotopic (exact) mass is 244 g/mol. The van der Waals surface area contributed by atoms with Crippen molar-refractivity contribution in [3.05, 3.63) is 0 Å². The molecule has 5 heteroatoms. The van der Waals surface area contributed by atoms with Gasteiger partial charge in [0, 0.05) is 0 Å². The number of likely N-dealkylation sites (N-methyl/N-ethyl adjacent to an activating group) is 1. The lowest BCUT2D eigenvalue weighted by Gasteiger charge is -2.32. The molecule has 1 heterocycles. The fourth-order valence-electron chi connectivity index (χ4n) is 2.20. The van der Waals surface area contributed by atoms with Gasteiger partial charge in [0.2, 0.25) is 5.91 Å². The Balaban J connectivity index is 2.35. The fraction of sp³-hybridized carbons (Fsp3) is 0.917. The Hall–Kier alpha value is -0.650. The first kappa shape index (κ1) is 14.4. The van der Waals surface area contributed by atoms with Crippen LogP contribution in [0.15, 0.2) is 0 Å². The van der Waals surface area contributed by atoms with Gasteiger partial charge in [0.15, 0.2) is 0 Å². The number of nitrogens with two attached hydrogens (primary N) is 1. The highest BCUT2D eigenvalue weighted by molar-refractivity contribution is 5.79. The van der Waals surface area contributed by atoms with Crippen LogP contribution < -0.4 is 11.1 Å². The molecule has 1 aliphatic rings. The predicted octanol–water partition coefficient (Wildman–Crippen LogP) is 0.422. The first-order valence-corrected chi connectivity index (χ1v) is 6.32. The van der Waals surface area contributed by atoms with E-state index in [-0.39, 0.29) is 24.2 Å². The molecule has 1 amide bonds. The second kappa shape index (κ2) is 6.93. The van der Waals surface area contributed by atoms with E-state index >= 15 is 0 Å². The van der Waals surface area contributed by atoms with E-state index in [0.717, 1.165) is 12.8 Å². The minimum absolute atomic E-state index is 0.161. The highest BCUT2D eigenvalue weighted by Crippen LogP contribution is 2.21. The van der Waals surface area contributed by atoms with Crippen molar-refractivity contribution in [1.82, 2.24) is 5.32 Å². The van der Waals surface area contributed by atoms with Gasteiger partial charge in [-0.05, 0) is 33.2 Å². The van der Waals surface area contributed by atoms with Crippen molar-refractivity contribution < 1.29 is 14.3 Å². The molecular formula is C12H24N2O3. The van der Waals surface area contributed by atoms with Crippen molar-refractivity contribution in [3.8, 4) is 0 Å². The molecule has 5 nitrogen and oxygen atoms in total. The van der Waals surface area contributed by atoms with Gasteiger partial charge in [0.25, 0.3) is 0 Å². The maximum absolute atomic E-state index is 11.1. The molecule has 3 unspecified atom stereocenters. The van der Waals surface area contributed by atoms with Gasteiger partial charge in [-0.1, -0.05) is 6.92 Å². The molecule has 0 aromatic carbocycles. The smallest absolute Gasteiger partial charge is 0.236 e. The van der Waals surface area contributed by atoms with E-state index in [1.807, 2.05) is 20.8 Å². The molecule has 0 spiro atoms. The van der Waals surface area contributed by atoms with E-state index in [0.29, 0.717) is 13.2 Å². The summed E-state index contributed by atoms with van der Waals surface area (Å²) in [5.74, 6) is -0.361. The quantitative estimate of drug-likeness (QED) is 0.710. The Labute approximate surface area is 103 Å². The Morgan fingerprint density at radius 2 is 2.06 bits per heavy atom. The maximum Gasteiger partial charge on any atom is 0.236 e. The lowest BCUT2D eigenvalue weighted by Crippen LogP contribution is -2.46. The summed E-state index contributed by atoms with van der Waals surface area (Å²) in [6.07, 6.45) is 2.35. The summed E-state index contributed by atoms with van der Waals surface area (Å²) in [7, 11) is 0. The third-order valence-electron chi connectivity index (χ3n) is 2.95. The third-order valence-corrected chi connectivity index (χ3v) is 2.95. The number of hydrogen-bond acceptors (Lipinski definition) is 4. The molecule has 0 aromatic rings. The zero-order valence-electron chi connectivity index (χ0n) is 10.9. The second-order valence-electron chi connectivity index (χ2n) is 4.70. The van der Waals surface area contributed by atoms with E-state index < -0.39 is 6.04 Å². The number of amides is 1. The topological polar surface area (TPSA) is 73.6 Å². The van der Waals surface area contributed by atoms with E-state index in [1.54, 1.807) is 0 Å². The molecule has 100 valence electrons. The highest BCUT2D eigenvalue weighted by Gasteiger charge is 2.26. The Kier molecular flexibility index (Phi) is 5.88. The lowest BCUT2D eigenvalue weighted by atomic mass is 10.0. The molecule has 0 saturated carbocycles. The van der Waals surface area contributed by atoms with Gasteiger partial charge in [0.1, 0.15) is 6.04 Å². The molecule has 17 heavy (non-hydrogen) atoms. The number of carbonyl (C=O) groups excluding carboxylic acids is 1. The number of primary amides is 1. The average molecular weight is 244 g/mol. The van der Waals surface area contributed by atoms with Crippen LogP contribution in [0.3, 0.4) is 0 Å². The molecule has 1 rings (SSSR count). The van der Waals surface area contributed by atoms with Crippen LogP contribution in [0.5, 0.6) is 0 Å². The molecule has 1 fully saturated rings. The summed E-state index contributed by atoms with van der Waals surface area (Å²) in [5, 5.41) is 3.01. The molecule has 0 aromatic heterocycles. The summed E-state index contributed by atoms with van der Waals surface area (Å²) in [4.78, 5) is 11.1. The van der Waals surface area contributed by atoms with Gasteiger partial charge in [-0.15, -0.1) is 0 Å². The minimum Gasteiger partial charge on any atom is -0.376 e. The fourth-order valence-corrected chi connectivity index (χ4v) is 2.20. The van der Waals surface area contributed by atoms with Crippen molar-refractivity contribution in [2.24, 2.45) is 5.73 Å². The van der Waals surface area contributed by atoms with E-state index in [2.05, 4.69) is 5.32 Å². The maximum atomic E-state index is 11.1. The molecule has 3 N–H and O–H groups in total. The standard InChI is InChI=1S/C12H24N2O3/c1-4-14-11(12(13)15)7-16-10-5-8(2)17-9(3)6-10/h8-11,14H,4-7H2,1-3H3,(H2,13,15). The van der Waals surface area contributed by atoms with E-state index in [4.69, 9.17) is 15.2 Å². The van der Waals surface area contributed by atoms with Crippen LogP contribution in [-0.4, -0.2) is 43.4 Å². The average Bonchev–Trinajstić information content (AvgIpc) is 2.22. The van der Waals surface area contributed by atoms with Crippen molar-refractivity contribution in [2.75, 3.05) is 13.2 Å². The molecule has 3 atom stereocenters. The normalized spacial score (nSPS) is 31.1. The van der Waals surface area contributed by atoms with Gasteiger partial charge in [0.05, 0.1) is 24.9 Å². The Bertz CT molecular complexity index is 238. The van der Waals surface area contributed by atoms with Gasteiger partial charge >= 0.3 is 0 Å². The van der Waals surface area contributed by atoms with Gasteiger partial charge in [-0.2, -0.15) is 0 Å². The second-order valence-corrected chi connectivity index (χ2v) is 4.70. The molecule has 0 aliphatic carbocycles. The van der Waals surface area contributed by atoms with Crippen molar-refractivity contribution >= 4 is 5.91 Å². The number of hydrogen-bond donors (Lipinski definition) is 2. The summed E-state index contributed by atoms with van der Waals surface area (Å²) in [6, 6.07) is -0.395. The van der Waals surface area contributed by atoms with Crippen LogP contribution in [-0.2, 0) is 14.3 Å². The summed E-state index contributed by atoms with van der Waals surface area (Å²) < 4.78 is 11.4. The molecular weight excluding hydrogens is 220 g/mol. The first-order valence-electron chi connectivity index (χ1n) is 6.32. The predicted molar refractivity (Wildman–Crippen MR) is 65.6 cm³/mol. The Morgan fingerprint density at radius 1 is 1.47 bits per heavy atom. The SMILES string of the molecule is CCNC(COC1CC(C)OC(C)C1)C(N)=O. The Morgan fingerprint density at radius 3 is 2.53 bits per heavy atom. The number of nitrogens with one attached hydrogen (secondary N) is 1. The van der Waals surface area contributed by atoms with Crippen LogP contribution in [0.4, 0.5) is 0 Å². The number of carbonyl (C=O) groups is 1. The van der Waals surface area contributed by atoms with Gasteiger partial charge < -0.3 is 20.5 Å². The first-order chi connectivity index (χ1) is 8.02. The molecule has 0 radical (unpaired) electrons. The van der Waals surface area contributed by atoms with Crippen molar-refractivity contribution in [3.63, 3.8) is 0 Å². The highest BCUT2D eigenvalue weighted by atomic mass is 16.5. The van der Waals surface area contributed by atoms with Gasteiger partial charge in [-0.25, -0.2) is 0 Å². The minimum atomic E-state index is -0.395. The summed E-state index contributed by atoms with van der Waals surface area (Å²) >= 11 is 0. The number of rotatable bonds is 6.